The van der Waals surface area contributed by atoms with Crippen molar-refractivity contribution < 1.29 is 50.5 Å². The van der Waals surface area contributed by atoms with E-state index in [9.17, 15) is 36.3 Å². The van der Waals surface area contributed by atoms with Crippen molar-refractivity contribution in [2.75, 3.05) is 17.5 Å². The first-order chi connectivity index (χ1) is 19.0. The average molecular weight is 606 g/mol. The van der Waals surface area contributed by atoms with Gasteiger partial charge in [-0.1, -0.05) is 13.0 Å². The first-order valence-electron chi connectivity index (χ1n) is 13.1. The van der Waals surface area contributed by atoms with Crippen LogP contribution in [-0.2, 0) is 37.3 Å². The zero-order valence-corrected chi connectivity index (χ0v) is 24.2. The number of carbonyl (C=O) groups is 2. The third kappa shape index (κ3) is 7.05. The average Bonchev–Trinajstić information content (AvgIpc) is 3.29. The van der Waals surface area contributed by atoms with Crippen LogP contribution in [-0.4, -0.2) is 66.3 Å². The number of aromatic nitrogens is 2. The number of rotatable bonds is 12. The molecule has 2 atom stereocenters. The molecule has 0 amide bonds. The van der Waals surface area contributed by atoms with E-state index in [1.807, 2.05) is 0 Å². The molecule has 0 spiro atoms. The number of ether oxygens (including phenoxy) is 3. The van der Waals surface area contributed by atoms with Crippen LogP contribution in [0.25, 0.3) is 0 Å². The van der Waals surface area contributed by atoms with Crippen molar-refractivity contribution in [3.63, 3.8) is 0 Å². The lowest BCUT2D eigenvalue weighted by Gasteiger charge is -2.36. The van der Waals surface area contributed by atoms with Crippen molar-refractivity contribution in [3.05, 3.63) is 30.0 Å². The summed E-state index contributed by atoms with van der Waals surface area (Å²) in [6, 6.07) is 4.12. The minimum absolute atomic E-state index is 0.0183. The Morgan fingerprint density at radius 1 is 1.22 bits per heavy atom. The third-order valence-electron chi connectivity index (χ3n) is 6.61. The van der Waals surface area contributed by atoms with Gasteiger partial charge in [0.05, 0.1) is 31.2 Å². The van der Waals surface area contributed by atoms with Gasteiger partial charge in [-0.15, -0.1) is 5.10 Å². The number of fused-ring (bicyclic) bond motifs is 1. The highest BCUT2D eigenvalue weighted by Gasteiger charge is 2.50. The molecule has 0 saturated heterocycles. The van der Waals surface area contributed by atoms with E-state index in [1.54, 1.807) is 20.8 Å². The zero-order valence-electron chi connectivity index (χ0n) is 23.4. The molecule has 11 nitrogen and oxygen atoms in total. The van der Waals surface area contributed by atoms with Crippen LogP contribution < -0.4 is 13.8 Å². The van der Waals surface area contributed by atoms with E-state index in [1.165, 1.54) is 29.1 Å². The number of nitrogens with zero attached hydrogens (tertiary/aromatic N) is 3. The number of hydrogen-bond donors (Lipinski definition) is 1. The number of anilines is 1. The number of hydrogen-bond acceptors (Lipinski definition) is 8. The molecule has 1 aliphatic rings. The standard InChI is InChI=1S/C26H34F3N3O8S/c1-6-17(24(34)35)13-18-14-32(41(36,37)21-15-31(7-2)30-23(21)38-8-3)19-11-16(9-10-20(19)39-18)12-22(33)40-25(4,5)26(27,28)29/h9-11,15,17-18H,6-8,12-14H2,1-5H3,(H,34,35)/t17-,18+/m1/s1. The van der Waals surface area contributed by atoms with Crippen LogP contribution in [0, 0.1) is 5.92 Å². The molecule has 0 aliphatic carbocycles. The molecule has 0 saturated carbocycles. The van der Waals surface area contributed by atoms with E-state index >= 15 is 0 Å². The van der Waals surface area contributed by atoms with Gasteiger partial charge in [0.1, 0.15) is 11.9 Å². The maximum atomic E-state index is 14.0. The molecule has 2 aromatic rings. The summed E-state index contributed by atoms with van der Waals surface area (Å²) in [6.45, 7) is 6.82. The van der Waals surface area contributed by atoms with E-state index in [0.29, 0.717) is 13.0 Å². The highest BCUT2D eigenvalue weighted by Crippen LogP contribution is 2.41. The minimum Gasteiger partial charge on any atom is -0.486 e. The van der Waals surface area contributed by atoms with Crippen molar-refractivity contribution in [2.45, 2.75) is 83.2 Å². The molecule has 1 N–H and O–H groups in total. The number of alkyl halides is 3. The molecule has 228 valence electrons. The number of aryl methyl sites for hydroxylation is 1. The SMILES string of the molecule is CCOc1nn(CC)cc1S(=O)(=O)N1C[C@H](C[C@@H](CC)C(=O)O)Oc2ccc(CC(=O)OC(C)(C)C(F)(F)F)cc21. The number of carboxylic acid groups (broad SMARTS) is 1. The monoisotopic (exact) mass is 605 g/mol. The second-order valence-corrected chi connectivity index (χ2v) is 11.8. The fourth-order valence-corrected chi connectivity index (χ4v) is 5.78. The molecule has 15 heteroatoms. The van der Waals surface area contributed by atoms with Crippen LogP contribution in [0.5, 0.6) is 11.6 Å². The Morgan fingerprint density at radius 3 is 2.46 bits per heavy atom. The molecule has 1 aromatic carbocycles. The van der Waals surface area contributed by atoms with Gasteiger partial charge in [-0.2, -0.15) is 13.2 Å². The Morgan fingerprint density at radius 2 is 1.90 bits per heavy atom. The highest BCUT2D eigenvalue weighted by molar-refractivity contribution is 7.93. The summed E-state index contributed by atoms with van der Waals surface area (Å²) >= 11 is 0. The number of sulfonamides is 1. The number of benzene rings is 1. The quantitative estimate of drug-likeness (QED) is 0.353. The number of aliphatic carboxylic acids is 1. The molecule has 41 heavy (non-hydrogen) atoms. The summed E-state index contributed by atoms with van der Waals surface area (Å²) in [5, 5.41) is 13.7. The van der Waals surface area contributed by atoms with Gasteiger partial charge in [-0.3, -0.25) is 18.6 Å². The topological polar surface area (TPSA) is 137 Å². The molecule has 0 unspecified atom stereocenters. The van der Waals surface area contributed by atoms with Gasteiger partial charge < -0.3 is 19.3 Å². The van der Waals surface area contributed by atoms with Gasteiger partial charge in [0, 0.05) is 12.7 Å². The highest BCUT2D eigenvalue weighted by atomic mass is 32.2. The van der Waals surface area contributed by atoms with Crippen molar-refractivity contribution in [1.82, 2.24) is 9.78 Å². The van der Waals surface area contributed by atoms with Gasteiger partial charge in [0.2, 0.25) is 5.60 Å². The summed E-state index contributed by atoms with van der Waals surface area (Å²) < 4.78 is 86.2. The summed E-state index contributed by atoms with van der Waals surface area (Å²) in [5.41, 5.74) is -2.52. The Bertz CT molecular complexity index is 1370. The van der Waals surface area contributed by atoms with Gasteiger partial charge in [0.25, 0.3) is 15.9 Å². The largest absolute Gasteiger partial charge is 0.486 e. The molecule has 1 aromatic heterocycles. The third-order valence-corrected chi connectivity index (χ3v) is 8.38. The first kappa shape index (κ1) is 32.0. The number of carbonyl (C=O) groups excluding carboxylic acids is 1. The van der Waals surface area contributed by atoms with Crippen LogP contribution in [0.4, 0.5) is 18.9 Å². The summed E-state index contributed by atoms with van der Waals surface area (Å²) in [4.78, 5) is 23.9. The predicted molar refractivity (Wildman–Crippen MR) is 140 cm³/mol. The molecular formula is C26H34F3N3O8S. The second-order valence-electron chi connectivity index (χ2n) is 10.0. The van der Waals surface area contributed by atoms with Gasteiger partial charge in [-0.05, 0) is 58.2 Å². The van der Waals surface area contributed by atoms with E-state index in [4.69, 9.17) is 9.47 Å². The number of esters is 1. The molecule has 3 rings (SSSR count). The molecule has 1 aliphatic heterocycles. The Balaban J connectivity index is 2.04. The molecule has 0 bridgehead atoms. The normalized spacial score (nSPS) is 16.5. The lowest BCUT2D eigenvalue weighted by atomic mass is 9.98. The van der Waals surface area contributed by atoms with Gasteiger partial charge in [0.15, 0.2) is 4.90 Å². The minimum atomic E-state index is -4.79. The second kappa shape index (κ2) is 12.2. The molecule has 0 fully saturated rings. The fraction of sp³-hybridized carbons (Fsp3) is 0.577. The van der Waals surface area contributed by atoms with E-state index in [2.05, 4.69) is 9.84 Å². The Kier molecular flexibility index (Phi) is 9.51. The van der Waals surface area contributed by atoms with Gasteiger partial charge >= 0.3 is 18.1 Å². The number of carboxylic acids is 1. The first-order valence-corrected chi connectivity index (χ1v) is 14.5. The Hall–Kier alpha value is -3.49. The number of halogens is 3. The van der Waals surface area contributed by atoms with Crippen LogP contribution in [0.15, 0.2) is 29.3 Å². The smallest absolute Gasteiger partial charge is 0.427 e. The van der Waals surface area contributed by atoms with E-state index in [0.717, 1.165) is 18.2 Å². The van der Waals surface area contributed by atoms with E-state index in [-0.39, 0.29) is 47.3 Å². The Labute approximate surface area is 236 Å². The van der Waals surface area contributed by atoms with Crippen molar-refractivity contribution in [1.29, 1.82) is 0 Å². The van der Waals surface area contributed by atoms with Crippen molar-refractivity contribution in [2.24, 2.45) is 5.92 Å². The van der Waals surface area contributed by atoms with Crippen molar-refractivity contribution >= 4 is 27.6 Å². The van der Waals surface area contributed by atoms with Crippen molar-refractivity contribution in [3.8, 4) is 11.6 Å². The van der Waals surface area contributed by atoms with E-state index < -0.39 is 52.2 Å². The van der Waals surface area contributed by atoms with Crippen LogP contribution >= 0.6 is 0 Å². The lowest BCUT2D eigenvalue weighted by molar-refractivity contribution is -0.257. The summed E-state index contributed by atoms with van der Waals surface area (Å²) in [7, 11) is -4.37. The summed E-state index contributed by atoms with van der Waals surface area (Å²) in [5.74, 6) is -3.02. The molecule has 2 heterocycles. The van der Waals surface area contributed by atoms with Crippen LogP contribution in [0.2, 0.25) is 0 Å². The molecule has 0 radical (unpaired) electrons. The van der Waals surface area contributed by atoms with Gasteiger partial charge in [-0.25, -0.2) is 8.42 Å². The van der Waals surface area contributed by atoms with Crippen LogP contribution in [0.3, 0.4) is 0 Å². The summed E-state index contributed by atoms with van der Waals surface area (Å²) in [6.07, 6.45) is -4.57. The maximum absolute atomic E-state index is 14.0. The fourth-order valence-electron chi connectivity index (χ4n) is 4.20. The van der Waals surface area contributed by atoms with Crippen LogP contribution in [0.1, 0.15) is 53.0 Å². The predicted octanol–water partition coefficient (Wildman–Crippen LogP) is 4.19. The lowest BCUT2D eigenvalue weighted by Crippen LogP contribution is -2.45. The zero-order chi connectivity index (χ0) is 30.8. The molecular weight excluding hydrogens is 571 g/mol. The maximum Gasteiger partial charge on any atom is 0.427 e.